The number of ether oxygens (including phenoxy) is 1. The molecule has 1 fully saturated rings. The van der Waals surface area contributed by atoms with Crippen LogP contribution in [0, 0.1) is 5.92 Å². The summed E-state index contributed by atoms with van der Waals surface area (Å²) < 4.78 is 5.95. The molecular weight excluding hydrogens is 306 g/mol. The van der Waals surface area contributed by atoms with Crippen molar-refractivity contribution in [2.45, 2.75) is 71.1 Å². The molecule has 1 aliphatic carbocycles. The van der Waals surface area contributed by atoms with Gasteiger partial charge in [-0.25, -0.2) is 0 Å². The minimum absolute atomic E-state index is 0.757. The third kappa shape index (κ3) is 5.45. The summed E-state index contributed by atoms with van der Waals surface area (Å²) in [5.74, 6) is 1.78. The van der Waals surface area contributed by atoms with Crippen LogP contribution in [0.5, 0.6) is 5.75 Å². The number of hydrogen-bond acceptors (Lipinski definition) is 2. The van der Waals surface area contributed by atoms with Crippen LogP contribution in [0.25, 0.3) is 0 Å². The van der Waals surface area contributed by atoms with Gasteiger partial charge in [0.05, 0.1) is 12.3 Å². The number of aliphatic imine (C=N–C) groups is 1. The van der Waals surface area contributed by atoms with Crippen LogP contribution in [0.15, 0.2) is 35.3 Å². The molecule has 0 aromatic heterocycles. The SMILES string of the molecule is CCCCCCOc1ccc2c(c1)CCN=C2C=CC1CCCCC1. The lowest BCUT2D eigenvalue weighted by molar-refractivity contribution is 0.305. The molecule has 1 aromatic rings. The molecule has 3 rings (SSSR count). The Labute approximate surface area is 153 Å². The van der Waals surface area contributed by atoms with Gasteiger partial charge in [-0.05, 0) is 61.4 Å². The van der Waals surface area contributed by atoms with E-state index in [9.17, 15) is 0 Å². The summed E-state index contributed by atoms with van der Waals surface area (Å²) >= 11 is 0. The van der Waals surface area contributed by atoms with E-state index in [1.54, 1.807) is 0 Å². The zero-order chi connectivity index (χ0) is 17.3. The van der Waals surface area contributed by atoms with Gasteiger partial charge in [-0.2, -0.15) is 0 Å². The molecule has 2 heteroatoms. The maximum absolute atomic E-state index is 5.95. The standard InChI is InChI=1S/C23H33NO/c1-2-3-4-8-17-25-21-12-13-22-20(18-21)15-16-24-23(22)14-11-19-9-6-5-7-10-19/h11-14,18-19H,2-10,15-17H2,1H3. The molecule has 2 nitrogen and oxygen atoms in total. The van der Waals surface area contributed by atoms with E-state index in [4.69, 9.17) is 9.73 Å². The smallest absolute Gasteiger partial charge is 0.119 e. The summed E-state index contributed by atoms with van der Waals surface area (Å²) in [5, 5.41) is 0. The monoisotopic (exact) mass is 339 g/mol. The average Bonchev–Trinajstić information content (AvgIpc) is 2.67. The second-order valence-corrected chi connectivity index (χ2v) is 7.50. The lowest BCUT2D eigenvalue weighted by Crippen LogP contribution is -2.12. The van der Waals surface area contributed by atoms with Crippen LogP contribution in [-0.4, -0.2) is 18.9 Å². The maximum Gasteiger partial charge on any atom is 0.119 e. The first kappa shape index (κ1) is 18.2. The van der Waals surface area contributed by atoms with Gasteiger partial charge < -0.3 is 4.74 Å². The molecule has 1 saturated carbocycles. The Balaban J connectivity index is 1.58. The van der Waals surface area contributed by atoms with Crippen LogP contribution >= 0.6 is 0 Å². The van der Waals surface area contributed by atoms with Crippen molar-refractivity contribution < 1.29 is 4.74 Å². The predicted molar refractivity (Wildman–Crippen MR) is 107 cm³/mol. The number of hydrogen-bond donors (Lipinski definition) is 0. The summed E-state index contributed by atoms with van der Waals surface area (Å²) in [7, 11) is 0. The van der Waals surface area contributed by atoms with Gasteiger partial charge in [-0.1, -0.05) is 51.5 Å². The van der Waals surface area contributed by atoms with E-state index in [0.717, 1.165) is 37.7 Å². The molecule has 0 unspecified atom stereocenters. The van der Waals surface area contributed by atoms with E-state index in [1.165, 1.54) is 68.2 Å². The van der Waals surface area contributed by atoms with Gasteiger partial charge in [-0.3, -0.25) is 4.99 Å². The highest BCUT2D eigenvalue weighted by atomic mass is 16.5. The molecule has 2 aliphatic rings. The Kier molecular flexibility index (Phi) is 7.14. The fraction of sp³-hybridized carbons (Fsp3) is 0.609. The number of nitrogens with zero attached hydrogens (tertiary/aromatic N) is 1. The van der Waals surface area contributed by atoms with Crippen LogP contribution in [0.3, 0.4) is 0 Å². The summed E-state index contributed by atoms with van der Waals surface area (Å²) in [6, 6.07) is 6.56. The Morgan fingerprint density at radius 2 is 2.00 bits per heavy atom. The second kappa shape index (κ2) is 9.79. The normalized spacial score (nSPS) is 18.2. The average molecular weight is 340 g/mol. The van der Waals surface area contributed by atoms with Crippen LogP contribution in [0.1, 0.15) is 75.8 Å². The third-order valence-corrected chi connectivity index (χ3v) is 5.46. The predicted octanol–water partition coefficient (Wildman–Crippen LogP) is 6.13. The van der Waals surface area contributed by atoms with E-state index >= 15 is 0 Å². The van der Waals surface area contributed by atoms with Gasteiger partial charge in [-0.15, -0.1) is 0 Å². The molecule has 0 bridgehead atoms. The van der Waals surface area contributed by atoms with Gasteiger partial charge in [0.25, 0.3) is 0 Å². The summed E-state index contributed by atoms with van der Waals surface area (Å²) in [5.41, 5.74) is 3.86. The Bertz CT molecular complexity index is 596. The molecule has 0 radical (unpaired) electrons. The minimum Gasteiger partial charge on any atom is -0.494 e. The van der Waals surface area contributed by atoms with Crippen molar-refractivity contribution in [2.24, 2.45) is 10.9 Å². The zero-order valence-corrected chi connectivity index (χ0v) is 15.8. The van der Waals surface area contributed by atoms with Gasteiger partial charge in [0, 0.05) is 12.1 Å². The molecule has 0 spiro atoms. The zero-order valence-electron chi connectivity index (χ0n) is 15.8. The van der Waals surface area contributed by atoms with Gasteiger partial charge in [0.1, 0.15) is 5.75 Å². The highest BCUT2D eigenvalue weighted by molar-refractivity contribution is 6.10. The van der Waals surface area contributed by atoms with Crippen molar-refractivity contribution in [1.29, 1.82) is 0 Å². The van der Waals surface area contributed by atoms with Gasteiger partial charge >= 0.3 is 0 Å². The topological polar surface area (TPSA) is 21.6 Å². The number of allylic oxidation sites excluding steroid dienone is 2. The Morgan fingerprint density at radius 3 is 2.84 bits per heavy atom. The van der Waals surface area contributed by atoms with Crippen molar-refractivity contribution in [2.75, 3.05) is 13.2 Å². The van der Waals surface area contributed by atoms with E-state index in [2.05, 4.69) is 37.3 Å². The number of benzene rings is 1. The summed E-state index contributed by atoms with van der Waals surface area (Å²) in [6.45, 7) is 3.98. The lowest BCUT2D eigenvalue weighted by atomic mass is 9.88. The number of unbranched alkanes of at least 4 members (excludes halogenated alkanes) is 3. The van der Waals surface area contributed by atoms with E-state index < -0.39 is 0 Å². The molecule has 136 valence electrons. The van der Waals surface area contributed by atoms with Gasteiger partial charge in [0.15, 0.2) is 0 Å². The van der Waals surface area contributed by atoms with Crippen molar-refractivity contribution in [3.05, 3.63) is 41.5 Å². The van der Waals surface area contributed by atoms with E-state index in [1.807, 2.05) is 0 Å². The summed E-state index contributed by atoms with van der Waals surface area (Å²) in [6.07, 6.45) is 17.6. The minimum atomic E-state index is 0.757. The van der Waals surface area contributed by atoms with E-state index in [0.29, 0.717) is 0 Å². The van der Waals surface area contributed by atoms with Crippen molar-refractivity contribution >= 4 is 5.71 Å². The molecule has 1 aliphatic heterocycles. The first-order valence-corrected chi connectivity index (χ1v) is 10.4. The number of fused-ring (bicyclic) bond motifs is 1. The molecule has 0 amide bonds. The third-order valence-electron chi connectivity index (χ3n) is 5.46. The highest BCUT2D eigenvalue weighted by Crippen LogP contribution is 2.26. The fourth-order valence-corrected chi connectivity index (χ4v) is 3.91. The second-order valence-electron chi connectivity index (χ2n) is 7.50. The fourth-order valence-electron chi connectivity index (χ4n) is 3.91. The van der Waals surface area contributed by atoms with Crippen molar-refractivity contribution in [3.63, 3.8) is 0 Å². The molecule has 1 aromatic carbocycles. The van der Waals surface area contributed by atoms with Crippen molar-refractivity contribution in [3.8, 4) is 5.75 Å². The molecule has 0 saturated heterocycles. The number of rotatable bonds is 8. The lowest BCUT2D eigenvalue weighted by Gasteiger charge is -2.19. The first-order valence-electron chi connectivity index (χ1n) is 10.4. The Morgan fingerprint density at radius 1 is 1.12 bits per heavy atom. The van der Waals surface area contributed by atoms with Gasteiger partial charge in [0.2, 0.25) is 0 Å². The molecule has 0 atom stereocenters. The van der Waals surface area contributed by atoms with Crippen molar-refractivity contribution in [1.82, 2.24) is 0 Å². The molecule has 25 heavy (non-hydrogen) atoms. The first-order chi connectivity index (χ1) is 12.4. The summed E-state index contributed by atoms with van der Waals surface area (Å²) in [4.78, 5) is 4.77. The molecule has 0 N–H and O–H groups in total. The van der Waals surface area contributed by atoms with Crippen LogP contribution in [0.4, 0.5) is 0 Å². The maximum atomic E-state index is 5.95. The van der Waals surface area contributed by atoms with Crippen LogP contribution in [0.2, 0.25) is 0 Å². The van der Waals surface area contributed by atoms with E-state index in [-0.39, 0.29) is 0 Å². The molecular formula is C23H33NO. The van der Waals surface area contributed by atoms with Crippen LogP contribution in [-0.2, 0) is 6.42 Å². The quantitative estimate of drug-likeness (QED) is 0.522. The van der Waals surface area contributed by atoms with Crippen LogP contribution < -0.4 is 4.74 Å². The largest absolute Gasteiger partial charge is 0.494 e. The Hall–Kier alpha value is -1.57. The highest BCUT2D eigenvalue weighted by Gasteiger charge is 2.15. The molecule has 1 heterocycles.